The fraction of sp³-hybridized carbons (Fsp3) is 0.158. The highest BCUT2D eigenvalue weighted by atomic mass is 16.5. The highest BCUT2D eigenvalue weighted by molar-refractivity contribution is 5.67. The number of pyridine rings is 1. The fourth-order valence-corrected chi connectivity index (χ4v) is 2.31. The minimum Gasteiger partial charge on any atom is -0.445 e. The summed E-state index contributed by atoms with van der Waals surface area (Å²) in [7, 11) is 0. The van der Waals surface area contributed by atoms with Crippen molar-refractivity contribution in [1.82, 2.24) is 14.7 Å². The number of hydrogen-bond donors (Lipinski definition) is 1. The third kappa shape index (κ3) is 4.23. The summed E-state index contributed by atoms with van der Waals surface area (Å²) in [6.07, 6.45) is 8.13. The number of aromatic nitrogens is 2. The van der Waals surface area contributed by atoms with Crippen LogP contribution in [0.5, 0.6) is 0 Å². The lowest BCUT2D eigenvalue weighted by Gasteiger charge is -2.05. The van der Waals surface area contributed by atoms with Crippen molar-refractivity contribution in [3.05, 3.63) is 78.3 Å². The summed E-state index contributed by atoms with van der Waals surface area (Å²) >= 11 is 0. The lowest BCUT2D eigenvalue weighted by Crippen LogP contribution is -2.24. The van der Waals surface area contributed by atoms with Gasteiger partial charge in [0.15, 0.2) is 0 Å². The van der Waals surface area contributed by atoms with E-state index in [-0.39, 0.29) is 6.61 Å². The van der Waals surface area contributed by atoms with Gasteiger partial charge in [-0.3, -0.25) is 0 Å². The van der Waals surface area contributed by atoms with Gasteiger partial charge in [0.2, 0.25) is 0 Å². The van der Waals surface area contributed by atoms with E-state index < -0.39 is 6.09 Å². The Morgan fingerprint density at radius 3 is 2.88 bits per heavy atom. The summed E-state index contributed by atoms with van der Waals surface area (Å²) in [6.45, 7) is 0.811. The molecule has 3 aromatic rings. The molecule has 0 radical (unpaired) electrons. The molecule has 0 fully saturated rings. The van der Waals surface area contributed by atoms with Gasteiger partial charge in [0.05, 0.1) is 11.9 Å². The summed E-state index contributed by atoms with van der Waals surface area (Å²) in [5.74, 6) is 0. The van der Waals surface area contributed by atoms with E-state index in [1.54, 1.807) is 0 Å². The molecule has 2 heterocycles. The first-order valence-corrected chi connectivity index (χ1v) is 7.86. The van der Waals surface area contributed by atoms with E-state index in [2.05, 4.69) is 10.3 Å². The van der Waals surface area contributed by atoms with E-state index in [1.807, 2.05) is 77.5 Å². The van der Waals surface area contributed by atoms with E-state index in [9.17, 15) is 4.79 Å². The minimum atomic E-state index is -0.401. The zero-order chi connectivity index (χ0) is 16.6. The molecule has 2 aromatic heterocycles. The number of imidazole rings is 1. The third-order valence-corrected chi connectivity index (χ3v) is 3.53. The second-order valence-electron chi connectivity index (χ2n) is 5.29. The van der Waals surface area contributed by atoms with Crippen molar-refractivity contribution in [2.45, 2.75) is 13.0 Å². The predicted octanol–water partition coefficient (Wildman–Crippen LogP) is 3.66. The highest BCUT2D eigenvalue weighted by Gasteiger charge is 2.01. The number of ether oxygens (including phenoxy) is 1. The highest BCUT2D eigenvalue weighted by Crippen LogP contribution is 2.07. The maximum Gasteiger partial charge on any atom is 0.407 e. The maximum absolute atomic E-state index is 11.6. The van der Waals surface area contributed by atoms with Crippen LogP contribution in [0.3, 0.4) is 0 Å². The van der Waals surface area contributed by atoms with Crippen molar-refractivity contribution in [3.63, 3.8) is 0 Å². The van der Waals surface area contributed by atoms with Gasteiger partial charge in [-0.25, -0.2) is 9.78 Å². The summed E-state index contributed by atoms with van der Waals surface area (Å²) in [4.78, 5) is 15.9. The quantitative estimate of drug-likeness (QED) is 0.705. The zero-order valence-corrected chi connectivity index (χ0v) is 13.3. The summed E-state index contributed by atoms with van der Waals surface area (Å²) in [5, 5.41) is 2.74. The van der Waals surface area contributed by atoms with E-state index in [1.165, 1.54) is 0 Å². The topological polar surface area (TPSA) is 55.6 Å². The Morgan fingerprint density at radius 2 is 2.00 bits per heavy atom. The van der Waals surface area contributed by atoms with Crippen LogP contribution in [0.4, 0.5) is 4.79 Å². The largest absolute Gasteiger partial charge is 0.445 e. The molecule has 1 aromatic carbocycles. The Morgan fingerprint density at radius 1 is 1.17 bits per heavy atom. The van der Waals surface area contributed by atoms with Crippen LogP contribution in [0.15, 0.2) is 67.0 Å². The van der Waals surface area contributed by atoms with Crippen molar-refractivity contribution in [2.24, 2.45) is 0 Å². The Labute approximate surface area is 140 Å². The Bertz CT molecular complexity index is 825. The molecule has 0 aliphatic carbocycles. The van der Waals surface area contributed by atoms with Gasteiger partial charge in [-0.05, 0) is 30.2 Å². The average molecular weight is 321 g/mol. The van der Waals surface area contributed by atoms with Gasteiger partial charge in [-0.15, -0.1) is 0 Å². The zero-order valence-electron chi connectivity index (χ0n) is 13.3. The van der Waals surface area contributed by atoms with Crippen molar-refractivity contribution in [1.29, 1.82) is 0 Å². The van der Waals surface area contributed by atoms with Gasteiger partial charge in [-0.1, -0.05) is 42.5 Å². The first kappa shape index (κ1) is 15.8. The molecule has 0 aliphatic rings. The number of carbonyl (C=O) groups excluding carboxylic acids is 1. The average Bonchev–Trinajstić information content (AvgIpc) is 3.04. The van der Waals surface area contributed by atoms with Crippen LogP contribution in [-0.2, 0) is 11.3 Å². The number of rotatable bonds is 6. The molecule has 0 saturated carbocycles. The van der Waals surface area contributed by atoms with Crippen molar-refractivity contribution >= 4 is 17.8 Å². The van der Waals surface area contributed by atoms with Crippen LogP contribution in [0.25, 0.3) is 11.7 Å². The van der Waals surface area contributed by atoms with Crippen molar-refractivity contribution in [2.75, 3.05) is 6.54 Å². The SMILES string of the molecule is O=C(NCCC=Cc1cnc2ccccn12)OCc1ccccc1. The number of benzene rings is 1. The van der Waals surface area contributed by atoms with Crippen molar-refractivity contribution < 1.29 is 9.53 Å². The Balaban J connectivity index is 1.39. The molecule has 1 amide bonds. The van der Waals surface area contributed by atoms with E-state index in [0.717, 1.165) is 23.3 Å². The van der Waals surface area contributed by atoms with Crippen LogP contribution in [-0.4, -0.2) is 22.0 Å². The molecule has 0 unspecified atom stereocenters. The predicted molar refractivity (Wildman–Crippen MR) is 93.5 cm³/mol. The molecule has 0 bridgehead atoms. The van der Waals surface area contributed by atoms with Gasteiger partial charge >= 0.3 is 6.09 Å². The van der Waals surface area contributed by atoms with Gasteiger partial charge in [0, 0.05) is 12.7 Å². The van der Waals surface area contributed by atoms with Gasteiger partial charge in [-0.2, -0.15) is 0 Å². The number of nitrogens with zero attached hydrogens (tertiary/aromatic N) is 2. The van der Waals surface area contributed by atoms with E-state index in [0.29, 0.717) is 6.54 Å². The van der Waals surface area contributed by atoms with E-state index in [4.69, 9.17) is 4.74 Å². The molecule has 5 nitrogen and oxygen atoms in total. The number of amides is 1. The minimum absolute atomic E-state index is 0.282. The molecule has 5 heteroatoms. The number of carbonyl (C=O) groups is 1. The Kier molecular flexibility index (Phi) is 5.24. The van der Waals surface area contributed by atoms with Crippen LogP contribution in [0.2, 0.25) is 0 Å². The van der Waals surface area contributed by atoms with Crippen LogP contribution in [0, 0.1) is 0 Å². The normalized spacial score (nSPS) is 11.0. The van der Waals surface area contributed by atoms with Gasteiger partial charge < -0.3 is 14.5 Å². The smallest absolute Gasteiger partial charge is 0.407 e. The first-order chi connectivity index (χ1) is 11.8. The number of alkyl carbamates (subject to hydrolysis) is 1. The van der Waals surface area contributed by atoms with Crippen LogP contribution in [0.1, 0.15) is 17.7 Å². The number of fused-ring (bicyclic) bond motifs is 1. The van der Waals surface area contributed by atoms with Gasteiger partial charge in [0.1, 0.15) is 12.3 Å². The molecule has 0 aliphatic heterocycles. The summed E-state index contributed by atoms with van der Waals surface area (Å²) in [5.41, 5.74) is 2.90. The molecule has 122 valence electrons. The molecule has 3 rings (SSSR count). The number of hydrogen-bond acceptors (Lipinski definition) is 3. The first-order valence-electron chi connectivity index (χ1n) is 7.86. The molecule has 0 atom stereocenters. The summed E-state index contributed by atoms with van der Waals surface area (Å²) < 4.78 is 7.16. The second-order valence-corrected chi connectivity index (χ2v) is 5.29. The lowest BCUT2D eigenvalue weighted by molar-refractivity contribution is 0.140. The third-order valence-electron chi connectivity index (χ3n) is 3.53. The molecule has 0 saturated heterocycles. The fourth-order valence-electron chi connectivity index (χ4n) is 2.31. The molecular formula is C19H19N3O2. The van der Waals surface area contributed by atoms with Crippen molar-refractivity contribution in [3.8, 4) is 0 Å². The summed E-state index contributed by atoms with van der Waals surface area (Å²) in [6, 6.07) is 15.5. The van der Waals surface area contributed by atoms with Gasteiger partial charge in [0.25, 0.3) is 0 Å². The molecule has 1 N–H and O–H groups in total. The lowest BCUT2D eigenvalue weighted by atomic mass is 10.2. The number of nitrogens with one attached hydrogen (secondary N) is 1. The Hall–Kier alpha value is -3.08. The molecule has 0 spiro atoms. The monoisotopic (exact) mass is 321 g/mol. The second kappa shape index (κ2) is 7.97. The van der Waals surface area contributed by atoms with Crippen LogP contribution < -0.4 is 5.32 Å². The standard InChI is InChI=1S/C19H19N3O2/c23-19(24-15-16-8-2-1-3-9-16)20-12-6-4-10-17-14-21-18-11-5-7-13-22(17)18/h1-5,7-11,13-14H,6,12,15H2,(H,20,23). The maximum atomic E-state index is 11.6. The molecule has 24 heavy (non-hydrogen) atoms. The van der Waals surface area contributed by atoms with E-state index >= 15 is 0 Å². The van der Waals surface area contributed by atoms with Crippen LogP contribution >= 0.6 is 0 Å². The molecular weight excluding hydrogens is 302 g/mol.